The number of fused-ring (bicyclic) bond motifs is 1. The van der Waals surface area contributed by atoms with Gasteiger partial charge in [0.1, 0.15) is 27.2 Å². The van der Waals surface area contributed by atoms with E-state index in [0.29, 0.717) is 21.5 Å². The van der Waals surface area contributed by atoms with Gasteiger partial charge in [-0.3, -0.25) is 4.79 Å². The molecule has 0 unspecified atom stereocenters. The first-order valence-corrected chi connectivity index (χ1v) is 13.8. The van der Waals surface area contributed by atoms with Gasteiger partial charge in [-0.1, -0.05) is 29.8 Å². The number of nitriles is 1. The molecule has 39 heavy (non-hydrogen) atoms. The number of aromatic nitrogens is 3. The molecule has 194 valence electrons. The molecular weight excluding hydrogens is 534 g/mol. The number of anilines is 3. The van der Waals surface area contributed by atoms with E-state index in [1.165, 1.54) is 30.5 Å². The zero-order valence-electron chi connectivity index (χ0n) is 20.8. The highest BCUT2D eigenvalue weighted by molar-refractivity contribution is 7.92. The predicted octanol–water partition coefficient (Wildman–Crippen LogP) is 4.44. The number of sulfonamides is 1. The first-order valence-electron chi connectivity index (χ1n) is 11.5. The number of nitrogens with zero attached hydrogens (tertiary/aromatic N) is 4. The van der Waals surface area contributed by atoms with Crippen LogP contribution in [-0.2, 0) is 10.0 Å². The van der Waals surface area contributed by atoms with E-state index in [-0.39, 0.29) is 38.4 Å². The van der Waals surface area contributed by atoms with Crippen LogP contribution in [0.2, 0.25) is 0 Å². The van der Waals surface area contributed by atoms with Crippen molar-refractivity contribution in [2.24, 2.45) is 0 Å². The van der Waals surface area contributed by atoms with Gasteiger partial charge in [-0.05, 0) is 49.7 Å². The number of nitrogen functional groups attached to an aromatic ring is 2. The summed E-state index contributed by atoms with van der Waals surface area (Å²) in [7, 11) is -3.98. The minimum absolute atomic E-state index is 0.0421. The predicted molar refractivity (Wildman–Crippen MR) is 151 cm³/mol. The number of benzene rings is 2. The highest BCUT2D eigenvalue weighted by Gasteiger charge is 2.25. The Balaban J connectivity index is 1.53. The lowest BCUT2D eigenvalue weighted by molar-refractivity contribution is 0.104. The number of pyridine rings is 1. The topological polar surface area (TPSA) is 178 Å². The molecular formula is C27H21N7O3S2. The molecule has 0 saturated carbocycles. The Hall–Kier alpha value is -4.86. The molecule has 0 aliphatic carbocycles. The van der Waals surface area contributed by atoms with E-state index >= 15 is 0 Å². The quantitative estimate of drug-likeness (QED) is 0.255. The van der Waals surface area contributed by atoms with E-state index in [2.05, 4.69) is 25.7 Å². The molecule has 0 aliphatic rings. The van der Waals surface area contributed by atoms with Crippen LogP contribution < -0.4 is 16.2 Å². The summed E-state index contributed by atoms with van der Waals surface area (Å²) in [6, 6.07) is 16.7. The van der Waals surface area contributed by atoms with Gasteiger partial charge >= 0.3 is 0 Å². The summed E-state index contributed by atoms with van der Waals surface area (Å²) in [6.45, 7) is 3.67. The fourth-order valence-electron chi connectivity index (χ4n) is 4.05. The fraction of sp³-hybridized carbons (Fsp3) is 0.0741. The first-order chi connectivity index (χ1) is 18.6. The fourth-order valence-corrected chi connectivity index (χ4v) is 6.08. The van der Waals surface area contributed by atoms with Crippen molar-refractivity contribution in [2.75, 3.05) is 16.2 Å². The van der Waals surface area contributed by atoms with E-state index < -0.39 is 15.8 Å². The smallest absolute Gasteiger partial charge is 0.264 e. The van der Waals surface area contributed by atoms with Crippen LogP contribution in [0.1, 0.15) is 32.1 Å². The average molecular weight is 556 g/mol. The minimum atomic E-state index is -3.98. The van der Waals surface area contributed by atoms with E-state index in [4.69, 9.17) is 11.5 Å². The van der Waals surface area contributed by atoms with Gasteiger partial charge in [0.05, 0.1) is 10.6 Å². The minimum Gasteiger partial charge on any atom is -0.397 e. The van der Waals surface area contributed by atoms with Crippen molar-refractivity contribution in [3.63, 3.8) is 0 Å². The van der Waals surface area contributed by atoms with Gasteiger partial charge in [-0.2, -0.15) is 5.26 Å². The molecule has 3 aromatic heterocycles. The second-order valence-electron chi connectivity index (χ2n) is 8.73. The van der Waals surface area contributed by atoms with E-state index in [9.17, 15) is 18.5 Å². The van der Waals surface area contributed by atoms with Gasteiger partial charge in [-0.25, -0.2) is 28.1 Å². The normalized spacial score (nSPS) is 11.3. The third kappa shape index (κ3) is 4.76. The Morgan fingerprint density at radius 1 is 1.00 bits per heavy atom. The third-order valence-corrected chi connectivity index (χ3v) is 8.45. The third-order valence-electron chi connectivity index (χ3n) is 6.01. The van der Waals surface area contributed by atoms with Crippen molar-refractivity contribution >= 4 is 54.8 Å². The Morgan fingerprint density at radius 3 is 2.33 bits per heavy atom. The first kappa shape index (κ1) is 25.8. The van der Waals surface area contributed by atoms with Crippen LogP contribution in [0.25, 0.3) is 21.3 Å². The van der Waals surface area contributed by atoms with Gasteiger partial charge in [0, 0.05) is 28.4 Å². The van der Waals surface area contributed by atoms with E-state index in [0.717, 1.165) is 22.5 Å². The Bertz CT molecular complexity index is 1910. The van der Waals surface area contributed by atoms with Gasteiger partial charge in [0.25, 0.3) is 10.0 Å². The van der Waals surface area contributed by atoms with Gasteiger partial charge in [-0.15, -0.1) is 11.3 Å². The van der Waals surface area contributed by atoms with Crippen LogP contribution in [0, 0.1) is 25.2 Å². The number of hydrogen-bond donors (Lipinski definition) is 3. The summed E-state index contributed by atoms with van der Waals surface area (Å²) in [4.78, 5) is 26.3. The maximum absolute atomic E-state index is 13.5. The lowest BCUT2D eigenvalue weighted by atomic mass is 9.96. The summed E-state index contributed by atoms with van der Waals surface area (Å²) in [5.41, 5.74) is 16.1. The zero-order valence-corrected chi connectivity index (χ0v) is 22.4. The number of thiophene rings is 1. The SMILES string of the molecule is Cc1ccc(-c2c(C#N)c(N)nc3sc(C(=O)c4ccc(S(=O)(=O)Nc5nccc(C)n5)cc4)c(N)c23)cc1. The molecule has 5 N–H and O–H groups in total. The van der Waals surface area contributed by atoms with Crippen molar-refractivity contribution in [1.82, 2.24) is 15.0 Å². The molecule has 10 nitrogen and oxygen atoms in total. The van der Waals surface area contributed by atoms with Crippen LogP contribution in [-0.4, -0.2) is 29.2 Å². The number of ketones is 1. The number of nitrogens with one attached hydrogen (secondary N) is 1. The molecule has 0 amide bonds. The van der Waals surface area contributed by atoms with Crippen LogP contribution in [0.3, 0.4) is 0 Å². The van der Waals surface area contributed by atoms with Crippen LogP contribution in [0.15, 0.2) is 65.7 Å². The molecule has 0 radical (unpaired) electrons. The molecule has 3 heterocycles. The van der Waals surface area contributed by atoms with Crippen molar-refractivity contribution < 1.29 is 13.2 Å². The van der Waals surface area contributed by atoms with Crippen molar-refractivity contribution in [2.45, 2.75) is 18.7 Å². The Kier molecular flexibility index (Phi) is 6.47. The maximum atomic E-state index is 13.5. The molecule has 0 fully saturated rings. The molecule has 2 aromatic carbocycles. The summed E-state index contributed by atoms with van der Waals surface area (Å²) in [6.07, 6.45) is 1.45. The van der Waals surface area contributed by atoms with Crippen molar-refractivity contribution in [3.05, 3.63) is 88.1 Å². The maximum Gasteiger partial charge on any atom is 0.264 e. The Morgan fingerprint density at radius 2 is 1.69 bits per heavy atom. The van der Waals surface area contributed by atoms with Crippen LogP contribution in [0.4, 0.5) is 17.5 Å². The van der Waals surface area contributed by atoms with E-state index in [1.807, 2.05) is 31.2 Å². The summed E-state index contributed by atoms with van der Waals surface area (Å²) in [5, 5.41) is 10.3. The standard InChI is InChI=1S/C27H21N7O3S2/c1-14-3-5-16(6-4-14)20-19(13-28)25(30)33-26-21(20)22(29)24(38-26)23(35)17-7-9-18(10-8-17)39(36,37)34-27-31-12-11-15(2)32-27/h3-12H,29H2,1-2H3,(H2,30,33)(H,31,32,34). The lowest BCUT2D eigenvalue weighted by Crippen LogP contribution is -2.15. The van der Waals surface area contributed by atoms with Gasteiger partial charge in [0.15, 0.2) is 0 Å². The largest absolute Gasteiger partial charge is 0.397 e. The number of hydrogen-bond acceptors (Lipinski definition) is 10. The molecule has 0 bridgehead atoms. The zero-order chi connectivity index (χ0) is 27.9. The molecule has 0 aliphatic heterocycles. The number of nitrogens with two attached hydrogens (primary N) is 2. The summed E-state index contributed by atoms with van der Waals surface area (Å²) >= 11 is 1.06. The summed E-state index contributed by atoms with van der Waals surface area (Å²) in [5.74, 6) is -0.428. The highest BCUT2D eigenvalue weighted by Crippen LogP contribution is 2.43. The van der Waals surface area contributed by atoms with Crippen molar-refractivity contribution in [3.8, 4) is 17.2 Å². The molecule has 5 rings (SSSR count). The van der Waals surface area contributed by atoms with E-state index in [1.54, 1.807) is 13.0 Å². The molecule has 5 aromatic rings. The molecule has 0 saturated heterocycles. The number of rotatable bonds is 6. The number of carbonyl (C=O) groups is 1. The number of aryl methyl sites for hydroxylation is 2. The summed E-state index contributed by atoms with van der Waals surface area (Å²) < 4.78 is 27.9. The van der Waals surface area contributed by atoms with Crippen LogP contribution in [0.5, 0.6) is 0 Å². The lowest BCUT2D eigenvalue weighted by Gasteiger charge is -2.10. The number of carbonyl (C=O) groups excluding carboxylic acids is 1. The second kappa shape index (κ2) is 9.79. The Labute approximate surface area is 228 Å². The molecule has 0 spiro atoms. The van der Waals surface area contributed by atoms with Crippen LogP contribution >= 0.6 is 11.3 Å². The molecule has 0 atom stereocenters. The average Bonchev–Trinajstić information content (AvgIpc) is 3.23. The molecule has 12 heteroatoms. The highest BCUT2D eigenvalue weighted by atomic mass is 32.2. The second-order valence-corrected chi connectivity index (χ2v) is 11.4. The van der Waals surface area contributed by atoms with Gasteiger partial charge in [0.2, 0.25) is 11.7 Å². The van der Waals surface area contributed by atoms with Crippen molar-refractivity contribution in [1.29, 1.82) is 5.26 Å². The monoisotopic (exact) mass is 555 g/mol. The van der Waals surface area contributed by atoms with Gasteiger partial charge < -0.3 is 11.5 Å².